The van der Waals surface area contributed by atoms with Crippen molar-refractivity contribution in [3.8, 4) is 5.75 Å². The van der Waals surface area contributed by atoms with E-state index in [4.69, 9.17) is 9.47 Å². The molecule has 4 heteroatoms. The molecule has 4 nitrogen and oxygen atoms in total. The van der Waals surface area contributed by atoms with Crippen LogP contribution < -0.4 is 0 Å². The number of phenolic OH excluding ortho intramolecular Hbond substituents is 1. The maximum Gasteiger partial charge on any atom is 0.306 e. The molecule has 3 aliphatic carbocycles. The molecule has 4 rings (SSSR count). The van der Waals surface area contributed by atoms with Crippen LogP contribution in [0, 0.1) is 17.3 Å². The van der Waals surface area contributed by atoms with Crippen LogP contribution in [0.2, 0.25) is 0 Å². The third-order valence-electron chi connectivity index (χ3n) is 11.4. The van der Waals surface area contributed by atoms with E-state index >= 15 is 0 Å². The molecule has 6 atom stereocenters. The minimum atomic E-state index is 0.0282. The first-order chi connectivity index (χ1) is 20.5. The molecule has 2 fully saturated rings. The zero-order valence-electron chi connectivity index (χ0n) is 27.3. The van der Waals surface area contributed by atoms with E-state index in [9.17, 15) is 9.90 Å². The van der Waals surface area contributed by atoms with Crippen molar-refractivity contribution in [3.63, 3.8) is 0 Å². The Morgan fingerprint density at radius 2 is 1.48 bits per heavy atom. The Morgan fingerprint density at radius 3 is 2.10 bits per heavy atom. The van der Waals surface area contributed by atoms with Crippen molar-refractivity contribution in [3.05, 3.63) is 29.3 Å². The summed E-state index contributed by atoms with van der Waals surface area (Å²) in [4.78, 5) is 12.9. The van der Waals surface area contributed by atoms with Gasteiger partial charge in [0.15, 0.2) is 0 Å². The van der Waals surface area contributed by atoms with Gasteiger partial charge in [0.2, 0.25) is 0 Å². The number of benzene rings is 1. The molecular formula is C38H62O4. The van der Waals surface area contributed by atoms with E-state index in [0.29, 0.717) is 42.4 Å². The minimum Gasteiger partial charge on any atom is -0.508 e. The second-order valence-electron chi connectivity index (χ2n) is 14.4. The number of aromatic hydroxyl groups is 1. The summed E-state index contributed by atoms with van der Waals surface area (Å²) < 4.78 is 11.9. The Hall–Kier alpha value is -1.55. The summed E-state index contributed by atoms with van der Waals surface area (Å²) in [6.45, 7) is 5.39. The summed E-state index contributed by atoms with van der Waals surface area (Å²) >= 11 is 0. The van der Waals surface area contributed by atoms with Gasteiger partial charge in [0, 0.05) is 24.9 Å². The fourth-order valence-corrected chi connectivity index (χ4v) is 9.07. The van der Waals surface area contributed by atoms with E-state index < -0.39 is 0 Å². The summed E-state index contributed by atoms with van der Waals surface area (Å²) in [6.07, 6.45) is 26.3. The highest BCUT2D eigenvalue weighted by atomic mass is 16.5. The third-order valence-corrected chi connectivity index (χ3v) is 11.4. The van der Waals surface area contributed by atoms with E-state index in [1.54, 1.807) is 7.11 Å². The first-order valence-electron chi connectivity index (χ1n) is 18.0. The highest BCUT2D eigenvalue weighted by Crippen LogP contribution is 2.63. The largest absolute Gasteiger partial charge is 0.508 e. The van der Waals surface area contributed by atoms with Crippen molar-refractivity contribution < 1.29 is 19.4 Å². The van der Waals surface area contributed by atoms with Gasteiger partial charge in [-0.25, -0.2) is 0 Å². The van der Waals surface area contributed by atoms with E-state index in [2.05, 4.69) is 19.9 Å². The molecule has 0 radical (unpaired) electrons. The normalized spacial score (nSPS) is 28.2. The molecule has 0 heterocycles. The summed E-state index contributed by atoms with van der Waals surface area (Å²) in [6, 6.07) is 5.99. The molecule has 1 aromatic rings. The summed E-state index contributed by atoms with van der Waals surface area (Å²) in [7, 11) is 1.78. The van der Waals surface area contributed by atoms with Crippen molar-refractivity contribution in [2.24, 2.45) is 17.3 Å². The van der Waals surface area contributed by atoms with Crippen LogP contribution in [0.25, 0.3) is 0 Å². The Morgan fingerprint density at radius 1 is 0.857 bits per heavy atom. The number of rotatable bonds is 19. The van der Waals surface area contributed by atoms with Crippen LogP contribution in [0.1, 0.15) is 172 Å². The standard InChI is InChI=1S/C38H62O4/c1-4-5-6-7-8-9-10-11-12-13-14-15-16-17-18-19-37(40)42-36-23-22-35-34-26-29(28-41-3)33-27-30(39)20-21-31(33)32(34)24-25-38(35,36)2/h20-21,27,29,32,34-36,39H,4-19,22-26,28H2,1-3H3/t29-,32+,34-,35-,36?,38+/m0/s1. The molecule has 0 bridgehead atoms. The monoisotopic (exact) mass is 582 g/mol. The third kappa shape index (κ3) is 8.76. The average Bonchev–Trinajstić information content (AvgIpc) is 3.31. The second kappa shape index (κ2) is 17.1. The summed E-state index contributed by atoms with van der Waals surface area (Å²) in [5.41, 5.74) is 2.78. The van der Waals surface area contributed by atoms with E-state index in [1.165, 1.54) is 94.6 Å². The molecule has 2 saturated carbocycles. The number of carbonyl (C=O) groups excluding carboxylic acids is 1. The van der Waals surface area contributed by atoms with Crippen LogP contribution in [0.15, 0.2) is 18.2 Å². The number of unbranched alkanes of at least 4 members (excludes halogenated alkanes) is 14. The maximum absolute atomic E-state index is 12.9. The minimum absolute atomic E-state index is 0.0282. The molecule has 1 N–H and O–H groups in total. The van der Waals surface area contributed by atoms with Gasteiger partial charge in [-0.15, -0.1) is 0 Å². The SMILES string of the molecule is CCCCCCCCCCCCCCCCCC(=O)OC1CC[C@H]2[C@H]3C[C@@H](COC)c4cc(O)ccc4[C@H]3CC[C@@]12C. The fourth-order valence-electron chi connectivity index (χ4n) is 9.07. The lowest BCUT2D eigenvalue weighted by molar-refractivity contribution is -0.157. The van der Waals surface area contributed by atoms with Gasteiger partial charge in [0.1, 0.15) is 11.9 Å². The van der Waals surface area contributed by atoms with Gasteiger partial charge >= 0.3 is 5.97 Å². The number of ether oxygens (including phenoxy) is 2. The van der Waals surface area contributed by atoms with Crippen molar-refractivity contribution >= 4 is 5.97 Å². The quantitative estimate of drug-likeness (QED) is 0.130. The van der Waals surface area contributed by atoms with E-state index in [0.717, 1.165) is 44.9 Å². The van der Waals surface area contributed by atoms with E-state index in [1.807, 2.05) is 12.1 Å². The highest BCUT2D eigenvalue weighted by Gasteiger charge is 2.57. The number of hydrogen-bond donors (Lipinski definition) is 1. The van der Waals surface area contributed by atoms with Crippen LogP contribution in [0.3, 0.4) is 0 Å². The topological polar surface area (TPSA) is 55.8 Å². The zero-order valence-corrected chi connectivity index (χ0v) is 27.3. The number of carbonyl (C=O) groups is 1. The molecule has 0 saturated heterocycles. The van der Waals surface area contributed by atoms with Crippen molar-refractivity contribution in [1.29, 1.82) is 0 Å². The lowest BCUT2D eigenvalue weighted by Crippen LogP contribution is -2.46. The van der Waals surface area contributed by atoms with Crippen molar-refractivity contribution in [2.75, 3.05) is 13.7 Å². The first kappa shape index (κ1) is 33.3. The van der Waals surface area contributed by atoms with Gasteiger partial charge in [0.25, 0.3) is 0 Å². The molecule has 0 aliphatic heterocycles. The molecule has 1 unspecified atom stereocenters. The van der Waals surface area contributed by atoms with Crippen molar-refractivity contribution in [2.45, 2.75) is 167 Å². The Bertz CT molecular complexity index is 943. The maximum atomic E-state index is 12.9. The molecule has 3 aliphatic rings. The highest BCUT2D eigenvalue weighted by molar-refractivity contribution is 5.69. The first-order valence-corrected chi connectivity index (χ1v) is 18.0. The van der Waals surface area contributed by atoms with Gasteiger partial charge in [-0.3, -0.25) is 4.79 Å². The average molecular weight is 583 g/mol. The predicted molar refractivity (Wildman–Crippen MR) is 173 cm³/mol. The Kier molecular flexibility index (Phi) is 13.6. The van der Waals surface area contributed by atoms with Gasteiger partial charge in [-0.05, 0) is 79.5 Å². The Labute approximate surface area is 257 Å². The molecule has 1 aromatic carbocycles. The molecule has 0 spiro atoms. The van der Waals surface area contributed by atoms with Crippen LogP contribution in [0.5, 0.6) is 5.75 Å². The molecule has 0 amide bonds. The van der Waals surface area contributed by atoms with Crippen LogP contribution >= 0.6 is 0 Å². The lowest BCUT2D eigenvalue weighted by Gasteiger charge is -2.51. The summed E-state index contributed by atoms with van der Waals surface area (Å²) in [5, 5.41) is 10.2. The molecule has 0 aromatic heterocycles. The molecule has 238 valence electrons. The van der Waals surface area contributed by atoms with Crippen LogP contribution in [-0.2, 0) is 14.3 Å². The van der Waals surface area contributed by atoms with Gasteiger partial charge in [-0.1, -0.05) is 110 Å². The van der Waals surface area contributed by atoms with Gasteiger partial charge < -0.3 is 14.6 Å². The number of methoxy groups -OCH3 is 1. The lowest BCUT2D eigenvalue weighted by atomic mass is 9.54. The number of phenols is 1. The van der Waals surface area contributed by atoms with Gasteiger partial charge in [0.05, 0.1) is 6.61 Å². The predicted octanol–water partition coefficient (Wildman–Crippen LogP) is 10.6. The molecular weight excluding hydrogens is 520 g/mol. The number of esters is 1. The van der Waals surface area contributed by atoms with Crippen molar-refractivity contribution in [1.82, 2.24) is 0 Å². The van der Waals surface area contributed by atoms with Gasteiger partial charge in [-0.2, -0.15) is 0 Å². The van der Waals surface area contributed by atoms with E-state index in [-0.39, 0.29) is 17.5 Å². The Balaban J connectivity index is 1.12. The van der Waals surface area contributed by atoms with Crippen LogP contribution in [-0.4, -0.2) is 30.9 Å². The number of fused-ring (bicyclic) bond motifs is 5. The smallest absolute Gasteiger partial charge is 0.306 e. The second-order valence-corrected chi connectivity index (χ2v) is 14.4. The number of hydrogen-bond acceptors (Lipinski definition) is 4. The molecule has 42 heavy (non-hydrogen) atoms. The fraction of sp³-hybridized carbons (Fsp3) is 0.816. The zero-order chi connectivity index (χ0) is 29.8. The summed E-state index contributed by atoms with van der Waals surface area (Å²) in [5.74, 6) is 2.44. The van der Waals surface area contributed by atoms with Crippen LogP contribution in [0.4, 0.5) is 0 Å².